The van der Waals surface area contributed by atoms with Gasteiger partial charge in [0.05, 0.1) is 6.54 Å². The van der Waals surface area contributed by atoms with Crippen LogP contribution in [0.15, 0.2) is 0 Å². The number of amides is 1. The van der Waals surface area contributed by atoms with Crippen molar-refractivity contribution in [2.45, 2.75) is 72.3 Å². The zero-order valence-corrected chi connectivity index (χ0v) is 12.9. The van der Waals surface area contributed by atoms with Crippen molar-refractivity contribution in [3.8, 4) is 0 Å². The number of hydrogen-bond donors (Lipinski definition) is 2. The quantitative estimate of drug-likeness (QED) is 0.622. The summed E-state index contributed by atoms with van der Waals surface area (Å²) in [6, 6.07) is 0. The van der Waals surface area contributed by atoms with E-state index in [1.165, 1.54) is 32.1 Å². The Morgan fingerprint density at radius 2 is 1.67 bits per heavy atom. The lowest BCUT2D eigenvalue weighted by molar-refractivity contribution is -0.121. The average molecular weight is 256 g/mol. The highest BCUT2D eigenvalue weighted by Crippen LogP contribution is 2.08. The highest BCUT2D eigenvalue weighted by molar-refractivity contribution is 5.78. The van der Waals surface area contributed by atoms with Crippen LogP contribution in [0.25, 0.3) is 0 Å². The molecule has 0 rings (SSSR count). The Kier molecular flexibility index (Phi) is 9.08. The van der Waals surface area contributed by atoms with Crippen molar-refractivity contribution in [1.82, 2.24) is 10.6 Å². The predicted molar refractivity (Wildman–Crippen MR) is 78.7 cm³/mol. The van der Waals surface area contributed by atoms with Crippen molar-refractivity contribution >= 4 is 5.91 Å². The molecule has 0 heterocycles. The van der Waals surface area contributed by atoms with Gasteiger partial charge >= 0.3 is 0 Å². The lowest BCUT2D eigenvalue weighted by Gasteiger charge is -2.20. The molecule has 0 saturated heterocycles. The highest BCUT2D eigenvalue weighted by atomic mass is 16.2. The molecule has 0 fully saturated rings. The SMILES string of the molecule is CC(C)CCCCCCNCC(=O)NC(C)(C)C. The van der Waals surface area contributed by atoms with Gasteiger partial charge in [0.1, 0.15) is 0 Å². The smallest absolute Gasteiger partial charge is 0.234 e. The third-order valence-electron chi connectivity index (χ3n) is 2.69. The van der Waals surface area contributed by atoms with Crippen molar-refractivity contribution in [2.75, 3.05) is 13.1 Å². The molecule has 0 atom stereocenters. The van der Waals surface area contributed by atoms with Crippen LogP contribution in [-0.2, 0) is 4.79 Å². The van der Waals surface area contributed by atoms with E-state index >= 15 is 0 Å². The molecule has 108 valence electrons. The summed E-state index contributed by atoms with van der Waals surface area (Å²) >= 11 is 0. The maximum Gasteiger partial charge on any atom is 0.234 e. The molecule has 3 nitrogen and oxygen atoms in total. The van der Waals surface area contributed by atoms with Gasteiger partial charge in [0.15, 0.2) is 0 Å². The second kappa shape index (κ2) is 9.37. The third-order valence-corrected chi connectivity index (χ3v) is 2.69. The Balaban J connectivity index is 3.28. The second-order valence-corrected chi connectivity index (χ2v) is 6.57. The van der Waals surface area contributed by atoms with Gasteiger partial charge in [0.2, 0.25) is 5.91 Å². The van der Waals surface area contributed by atoms with E-state index in [1.54, 1.807) is 0 Å². The highest BCUT2D eigenvalue weighted by Gasteiger charge is 2.12. The van der Waals surface area contributed by atoms with Crippen molar-refractivity contribution in [1.29, 1.82) is 0 Å². The van der Waals surface area contributed by atoms with Crippen LogP contribution in [0.1, 0.15) is 66.7 Å². The fourth-order valence-corrected chi connectivity index (χ4v) is 1.82. The summed E-state index contributed by atoms with van der Waals surface area (Å²) in [6.07, 6.45) is 6.42. The molecule has 18 heavy (non-hydrogen) atoms. The van der Waals surface area contributed by atoms with Gasteiger partial charge < -0.3 is 10.6 Å². The zero-order chi connectivity index (χ0) is 14.0. The van der Waals surface area contributed by atoms with Crippen molar-refractivity contribution < 1.29 is 4.79 Å². The van der Waals surface area contributed by atoms with Crippen LogP contribution in [-0.4, -0.2) is 24.5 Å². The Hall–Kier alpha value is -0.570. The minimum absolute atomic E-state index is 0.0855. The summed E-state index contributed by atoms with van der Waals surface area (Å²) in [7, 11) is 0. The first-order valence-corrected chi connectivity index (χ1v) is 7.33. The molecule has 0 aromatic rings. The van der Waals surface area contributed by atoms with Crippen molar-refractivity contribution in [2.24, 2.45) is 5.92 Å². The predicted octanol–water partition coefficient (Wildman–Crippen LogP) is 3.10. The number of nitrogens with one attached hydrogen (secondary N) is 2. The van der Waals surface area contributed by atoms with Crippen LogP contribution in [0.4, 0.5) is 0 Å². The number of unbranched alkanes of at least 4 members (excludes halogenated alkanes) is 3. The van der Waals surface area contributed by atoms with Gasteiger partial charge in [-0.05, 0) is 39.7 Å². The summed E-state index contributed by atoms with van der Waals surface area (Å²) in [4.78, 5) is 11.5. The van der Waals surface area contributed by atoms with E-state index < -0.39 is 0 Å². The summed E-state index contributed by atoms with van der Waals surface area (Å²) in [5.74, 6) is 0.909. The maximum atomic E-state index is 11.5. The molecule has 0 radical (unpaired) electrons. The Morgan fingerprint density at radius 1 is 1.06 bits per heavy atom. The van der Waals surface area contributed by atoms with Gasteiger partial charge in [-0.3, -0.25) is 4.79 Å². The molecule has 0 bridgehead atoms. The number of hydrogen-bond acceptors (Lipinski definition) is 2. The number of carbonyl (C=O) groups is 1. The third kappa shape index (κ3) is 13.5. The lowest BCUT2D eigenvalue weighted by atomic mass is 10.0. The van der Waals surface area contributed by atoms with Crippen LogP contribution in [0.2, 0.25) is 0 Å². The van der Waals surface area contributed by atoms with Crippen LogP contribution in [0.5, 0.6) is 0 Å². The van der Waals surface area contributed by atoms with Gasteiger partial charge in [-0.2, -0.15) is 0 Å². The molecule has 0 aliphatic carbocycles. The van der Waals surface area contributed by atoms with Gasteiger partial charge in [0, 0.05) is 5.54 Å². The maximum absolute atomic E-state index is 11.5. The van der Waals surface area contributed by atoms with Gasteiger partial charge in [-0.25, -0.2) is 0 Å². The van der Waals surface area contributed by atoms with E-state index in [9.17, 15) is 4.79 Å². The van der Waals surface area contributed by atoms with E-state index in [-0.39, 0.29) is 11.4 Å². The van der Waals surface area contributed by atoms with Crippen molar-refractivity contribution in [3.05, 3.63) is 0 Å². The summed E-state index contributed by atoms with van der Waals surface area (Å²) in [6.45, 7) is 11.9. The molecule has 0 aromatic carbocycles. The first kappa shape index (κ1) is 17.4. The molecule has 0 aliphatic heterocycles. The zero-order valence-electron chi connectivity index (χ0n) is 12.9. The van der Waals surface area contributed by atoms with Crippen molar-refractivity contribution in [3.63, 3.8) is 0 Å². The fourth-order valence-electron chi connectivity index (χ4n) is 1.82. The molecule has 0 aromatic heterocycles. The number of carbonyl (C=O) groups excluding carboxylic acids is 1. The Morgan fingerprint density at radius 3 is 2.22 bits per heavy atom. The molecule has 0 unspecified atom stereocenters. The van der Waals surface area contributed by atoms with Crippen LogP contribution < -0.4 is 10.6 Å². The Bertz CT molecular complexity index is 219. The normalized spacial score (nSPS) is 11.9. The molecule has 2 N–H and O–H groups in total. The molecular weight excluding hydrogens is 224 g/mol. The molecule has 0 aliphatic rings. The van der Waals surface area contributed by atoms with Crippen LogP contribution in [0.3, 0.4) is 0 Å². The largest absolute Gasteiger partial charge is 0.350 e. The average Bonchev–Trinajstić information content (AvgIpc) is 2.18. The molecule has 1 amide bonds. The summed E-state index contributed by atoms with van der Waals surface area (Å²) < 4.78 is 0. The minimum atomic E-state index is -0.129. The number of rotatable bonds is 9. The lowest BCUT2D eigenvalue weighted by Crippen LogP contribution is -2.44. The summed E-state index contributed by atoms with van der Waals surface area (Å²) in [5.41, 5.74) is -0.129. The molecule has 0 saturated carbocycles. The van der Waals surface area contributed by atoms with Gasteiger partial charge in [-0.1, -0.05) is 39.5 Å². The van der Waals surface area contributed by atoms with E-state index in [0.717, 1.165) is 12.5 Å². The van der Waals surface area contributed by atoms with E-state index in [4.69, 9.17) is 0 Å². The fraction of sp³-hybridized carbons (Fsp3) is 0.933. The first-order valence-electron chi connectivity index (χ1n) is 7.33. The molecular formula is C15H32N2O. The topological polar surface area (TPSA) is 41.1 Å². The van der Waals surface area contributed by atoms with Gasteiger partial charge in [-0.15, -0.1) is 0 Å². The Labute approximate surface area is 113 Å². The molecule has 3 heteroatoms. The van der Waals surface area contributed by atoms with E-state index in [0.29, 0.717) is 6.54 Å². The first-order chi connectivity index (χ1) is 8.31. The van der Waals surface area contributed by atoms with E-state index in [2.05, 4.69) is 24.5 Å². The van der Waals surface area contributed by atoms with E-state index in [1.807, 2.05) is 20.8 Å². The monoisotopic (exact) mass is 256 g/mol. The van der Waals surface area contributed by atoms with Gasteiger partial charge in [0.25, 0.3) is 0 Å². The summed E-state index contributed by atoms with van der Waals surface area (Å²) in [5, 5.41) is 6.14. The minimum Gasteiger partial charge on any atom is -0.350 e. The standard InChI is InChI=1S/C15H32N2O/c1-13(2)10-8-6-7-9-11-16-12-14(18)17-15(3,4)5/h13,16H,6-12H2,1-5H3,(H,17,18). The molecule has 0 spiro atoms. The van der Waals surface area contributed by atoms with Crippen LogP contribution >= 0.6 is 0 Å². The van der Waals surface area contributed by atoms with Crippen LogP contribution in [0, 0.1) is 5.92 Å². The second-order valence-electron chi connectivity index (χ2n) is 6.57.